The van der Waals surface area contributed by atoms with Gasteiger partial charge < -0.3 is 24.5 Å². The summed E-state index contributed by atoms with van der Waals surface area (Å²) in [6.45, 7) is 3.39. The molecule has 0 spiro atoms. The Labute approximate surface area is 200 Å². The number of thiazole rings is 1. The van der Waals surface area contributed by atoms with Crippen LogP contribution >= 0.6 is 23.1 Å². The van der Waals surface area contributed by atoms with Crippen LogP contribution in [0, 0.1) is 11.8 Å². The third-order valence-electron chi connectivity index (χ3n) is 5.34. The van der Waals surface area contributed by atoms with Crippen molar-refractivity contribution in [3.63, 3.8) is 0 Å². The van der Waals surface area contributed by atoms with Gasteiger partial charge in [0.1, 0.15) is 6.26 Å². The summed E-state index contributed by atoms with van der Waals surface area (Å²) >= 11 is 1.40. The molecule has 1 unspecified atom stereocenters. The topological polar surface area (TPSA) is 121 Å². The Kier molecular flexibility index (Phi) is 6.54. The molecule has 150 valence electrons. The van der Waals surface area contributed by atoms with Gasteiger partial charge in [-0.15, -0.1) is 11.3 Å². The fraction of sp³-hybridized carbons (Fsp3) is 0.471. The van der Waals surface area contributed by atoms with Crippen LogP contribution in [0.25, 0.3) is 10.4 Å². The van der Waals surface area contributed by atoms with Crippen LogP contribution in [0.15, 0.2) is 22.1 Å². The summed E-state index contributed by atoms with van der Waals surface area (Å²) in [6.07, 6.45) is 4.32. The van der Waals surface area contributed by atoms with Crippen molar-refractivity contribution in [3.05, 3.63) is 16.8 Å². The Bertz CT molecular complexity index is 1030. The van der Waals surface area contributed by atoms with Crippen molar-refractivity contribution in [1.29, 1.82) is 0 Å². The molecule has 1 N–H and O–H groups in total. The fourth-order valence-electron chi connectivity index (χ4n) is 4.17. The Hall–Kier alpha value is -0.530. The predicted molar refractivity (Wildman–Crippen MR) is 104 cm³/mol. The van der Waals surface area contributed by atoms with Crippen molar-refractivity contribution in [1.82, 2.24) is 14.3 Å². The second-order valence-corrected chi connectivity index (χ2v) is 10.0. The molecular weight excluding hydrogens is 445 g/mol. The van der Waals surface area contributed by atoms with Gasteiger partial charge in [0.15, 0.2) is 9.99 Å². The van der Waals surface area contributed by atoms with E-state index >= 15 is 0 Å². The van der Waals surface area contributed by atoms with Gasteiger partial charge in [-0.3, -0.25) is 9.20 Å². The summed E-state index contributed by atoms with van der Waals surface area (Å²) < 4.78 is 13.9. The van der Waals surface area contributed by atoms with Crippen molar-refractivity contribution < 1.29 is 53.9 Å². The SMILES string of the molecule is CSc1nc([S+](C)[O-])c2sc(C3=C(C(=O)[O-])N4C(=O)[C@H]([C@@H](C)O)[C@H]4[C@H]3C)cn12.[Na+]. The Morgan fingerprint density at radius 3 is 2.66 bits per heavy atom. The molecule has 0 radical (unpaired) electrons. The van der Waals surface area contributed by atoms with Crippen LogP contribution < -0.4 is 34.7 Å². The number of hydrogen-bond donors (Lipinski definition) is 1. The Morgan fingerprint density at radius 1 is 1.48 bits per heavy atom. The van der Waals surface area contributed by atoms with E-state index in [-0.39, 0.29) is 41.2 Å². The van der Waals surface area contributed by atoms with E-state index in [4.69, 9.17) is 0 Å². The summed E-state index contributed by atoms with van der Waals surface area (Å²) in [7, 11) is 0. The van der Waals surface area contributed by atoms with E-state index in [2.05, 4.69) is 4.98 Å². The summed E-state index contributed by atoms with van der Waals surface area (Å²) in [5, 5.41) is 23.0. The first kappa shape index (κ1) is 23.1. The zero-order chi connectivity index (χ0) is 20.5. The summed E-state index contributed by atoms with van der Waals surface area (Å²) in [4.78, 5) is 31.4. The molecule has 4 heterocycles. The van der Waals surface area contributed by atoms with Gasteiger partial charge in [-0.1, -0.05) is 18.7 Å². The van der Waals surface area contributed by atoms with Gasteiger partial charge in [-0.05, 0) is 13.2 Å². The number of amides is 1. The van der Waals surface area contributed by atoms with Crippen LogP contribution in [-0.4, -0.2) is 60.5 Å². The average Bonchev–Trinajstić information content (AvgIpc) is 3.22. The van der Waals surface area contributed by atoms with Gasteiger partial charge in [0.2, 0.25) is 5.91 Å². The third-order valence-corrected chi connectivity index (χ3v) is 8.08. The van der Waals surface area contributed by atoms with E-state index < -0.39 is 41.1 Å². The van der Waals surface area contributed by atoms with Crippen LogP contribution in [0.3, 0.4) is 0 Å². The molecule has 1 amide bonds. The van der Waals surface area contributed by atoms with Crippen molar-refractivity contribution in [2.45, 2.75) is 36.2 Å². The molecule has 2 aliphatic heterocycles. The van der Waals surface area contributed by atoms with Gasteiger partial charge in [-0.25, -0.2) is 0 Å². The predicted octanol–water partition coefficient (Wildman–Crippen LogP) is -2.82. The number of fused-ring (bicyclic) bond motifs is 2. The minimum atomic E-state index is -1.41. The van der Waals surface area contributed by atoms with Crippen LogP contribution in [0.5, 0.6) is 0 Å². The van der Waals surface area contributed by atoms with E-state index in [1.165, 1.54) is 34.9 Å². The maximum Gasteiger partial charge on any atom is 1.00 e. The number of imidazole rings is 1. The van der Waals surface area contributed by atoms with Crippen LogP contribution in [-0.2, 0) is 20.8 Å². The first-order chi connectivity index (χ1) is 13.2. The zero-order valence-electron chi connectivity index (χ0n) is 16.5. The maximum absolute atomic E-state index is 12.5. The summed E-state index contributed by atoms with van der Waals surface area (Å²) in [5.41, 5.74) is 0.372. The van der Waals surface area contributed by atoms with Gasteiger partial charge in [0.05, 0.1) is 34.6 Å². The van der Waals surface area contributed by atoms with Gasteiger partial charge in [0, 0.05) is 28.9 Å². The number of thioether (sulfide) groups is 1. The number of nitrogens with zero attached hydrogens (tertiary/aromatic N) is 3. The molecule has 2 aliphatic rings. The normalized spacial score (nSPS) is 25.7. The molecule has 2 aromatic heterocycles. The molecule has 5 atom stereocenters. The van der Waals surface area contributed by atoms with Crippen molar-refractivity contribution >= 4 is 56.6 Å². The number of carboxylic acids is 1. The van der Waals surface area contributed by atoms with Crippen LogP contribution in [0.4, 0.5) is 0 Å². The number of carboxylic acid groups (broad SMARTS) is 1. The molecule has 0 saturated carbocycles. The molecule has 0 aromatic carbocycles. The number of rotatable bonds is 5. The second kappa shape index (κ2) is 8.19. The standard InChI is InChI=1S/C17H19N3O5S3.Na/c1-6-9(12(16(23)24)20-11(6)10(7(2)21)14(20)22)8-5-19-15(27-8)13(28(4)25)18-17(19)26-3;/h5-7,10-11,21H,1-4H3,(H,23,24);/q;+1/p-1/t6-,7+,10+,11+,28?;/m0./s1. The first-order valence-corrected chi connectivity index (χ1v) is 12.1. The van der Waals surface area contributed by atoms with Crippen molar-refractivity contribution in [2.75, 3.05) is 12.5 Å². The minimum Gasteiger partial charge on any atom is -0.610 e. The van der Waals surface area contributed by atoms with Gasteiger partial charge >= 0.3 is 29.6 Å². The first-order valence-electron chi connectivity index (χ1n) is 8.55. The number of carbonyl (C=O) groups excluding carboxylic acids is 2. The number of hydrogen-bond acceptors (Lipinski definition) is 8. The largest absolute Gasteiger partial charge is 1.00 e. The van der Waals surface area contributed by atoms with Crippen LogP contribution in [0.1, 0.15) is 18.7 Å². The molecule has 1 fully saturated rings. The number of carbonyl (C=O) groups is 2. The Morgan fingerprint density at radius 2 is 2.14 bits per heavy atom. The van der Waals surface area contributed by atoms with E-state index in [1.54, 1.807) is 16.9 Å². The summed E-state index contributed by atoms with van der Waals surface area (Å²) in [6, 6.07) is -0.408. The van der Waals surface area contributed by atoms with Crippen LogP contribution in [0.2, 0.25) is 0 Å². The van der Waals surface area contributed by atoms with Gasteiger partial charge in [0.25, 0.3) is 5.03 Å². The van der Waals surface area contributed by atoms with E-state index in [0.717, 1.165) is 0 Å². The average molecular weight is 464 g/mol. The van der Waals surface area contributed by atoms with E-state index in [1.807, 2.05) is 13.2 Å². The molecule has 4 rings (SSSR count). The number of aliphatic carboxylic acids is 1. The minimum absolute atomic E-state index is 0. The quantitative estimate of drug-likeness (QED) is 0.220. The van der Waals surface area contributed by atoms with E-state index in [9.17, 15) is 24.4 Å². The Balaban J connectivity index is 0.00000240. The molecule has 0 aliphatic carbocycles. The molecule has 8 nitrogen and oxygen atoms in total. The molecular formula is C17H18N3NaO5S3. The molecule has 0 bridgehead atoms. The fourth-order valence-corrected chi connectivity index (χ4v) is 6.98. The molecule has 29 heavy (non-hydrogen) atoms. The van der Waals surface area contributed by atoms with Gasteiger partial charge in [-0.2, -0.15) is 4.98 Å². The second-order valence-electron chi connectivity index (χ2n) is 6.93. The number of aliphatic hydroxyl groups is 1. The number of β-lactam (4-membered cyclic amide) rings is 1. The molecule has 2 aromatic rings. The summed E-state index contributed by atoms with van der Waals surface area (Å²) in [5.74, 6) is -2.72. The monoisotopic (exact) mass is 463 g/mol. The van der Waals surface area contributed by atoms with E-state index in [0.29, 0.717) is 25.5 Å². The van der Waals surface area contributed by atoms with Crippen molar-refractivity contribution in [2.24, 2.45) is 11.8 Å². The zero-order valence-corrected chi connectivity index (χ0v) is 21.0. The maximum atomic E-state index is 12.5. The number of aromatic nitrogens is 2. The molecule has 1 saturated heterocycles. The third kappa shape index (κ3) is 3.30. The smallest absolute Gasteiger partial charge is 0.610 e. The van der Waals surface area contributed by atoms with Crippen molar-refractivity contribution in [3.8, 4) is 0 Å². The molecule has 12 heteroatoms. The number of aliphatic hydroxyl groups excluding tert-OH is 1.